The van der Waals surface area contributed by atoms with Crippen LogP contribution in [0.4, 0.5) is 8.78 Å². The quantitative estimate of drug-likeness (QED) is 0.648. The van der Waals surface area contributed by atoms with E-state index < -0.39 is 34.9 Å². The number of benzene rings is 1. The third-order valence-electron chi connectivity index (χ3n) is 3.41. The maximum atomic E-state index is 13.3. The van der Waals surface area contributed by atoms with Gasteiger partial charge in [0, 0.05) is 6.07 Å². The molecule has 1 rings (SSSR count). The molecule has 0 radical (unpaired) electrons. The van der Waals surface area contributed by atoms with Gasteiger partial charge in [0.25, 0.3) is 0 Å². The van der Waals surface area contributed by atoms with Crippen molar-refractivity contribution in [2.75, 3.05) is 6.61 Å². The fourth-order valence-corrected chi connectivity index (χ4v) is 2.22. The zero-order valence-corrected chi connectivity index (χ0v) is 12.2. The first-order chi connectivity index (χ1) is 9.73. The van der Waals surface area contributed by atoms with Crippen LogP contribution in [0, 0.1) is 23.0 Å². The molecular formula is C15H18F2O4. The minimum atomic E-state index is -1.88. The fourth-order valence-electron chi connectivity index (χ4n) is 2.22. The smallest absolute Gasteiger partial charge is 0.324 e. The highest BCUT2D eigenvalue weighted by Gasteiger charge is 2.50. The van der Waals surface area contributed by atoms with E-state index in [-0.39, 0.29) is 18.6 Å². The molecule has 0 aliphatic rings. The lowest BCUT2D eigenvalue weighted by Gasteiger charge is -2.31. The van der Waals surface area contributed by atoms with Crippen LogP contribution in [0.1, 0.15) is 26.3 Å². The molecule has 0 saturated carbocycles. The van der Waals surface area contributed by atoms with Crippen molar-refractivity contribution in [2.24, 2.45) is 11.3 Å². The first-order valence-electron chi connectivity index (χ1n) is 6.59. The fraction of sp³-hybridized carbons (Fsp3) is 0.467. The van der Waals surface area contributed by atoms with Gasteiger partial charge in [0.15, 0.2) is 5.41 Å². The average Bonchev–Trinajstić information content (AvgIpc) is 2.33. The van der Waals surface area contributed by atoms with Crippen LogP contribution >= 0.6 is 0 Å². The molecule has 116 valence electrons. The topological polar surface area (TPSA) is 63.6 Å². The molecule has 0 fully saturated rings. The second-order valence-corrected chi connectivity index (χ2v) is 5.11. The minimum absolute atomic E-state index is 0.0259. The van der Waals surface area contributed by atoms with Crippen molar-refractivity contribution in [2.45, 2.75) is 27.2 Å². The van der Waals surface area contributed by atoms with E-state index in [0.29, 0.717) is 6.07 Å². The molecule has 0 spiro atoms. The maximum Gasteiger partial charge on any atom is 0.324 e. The number of halogens is 2. The highest BCUT2D eigenvalue weighted by molar-refractivity contribution is 5.99. The molecule has 4 nitrogen and oxygen atoms in total. The molecule has 0 aliphatic carbocycles. The summed E-state index contributed by atoms with van der Waals surface area (Å²) in [5.41, 5.74) is -1.78. The van der Waals surface area contributed by atoms with Crippen molar-refractivity contribution in [3.8, 4) is 0 Å². The second kappa shape index (κ2) is 6.65. The van der Waals surface area contributed by atoms with Crippen molar-refractivity contribution in [1.82, 2.24) is 0 Å². The largest absolute Gasteiger partial charge is 0.480 e. The molecule has 1 unspecified atom stereocenters. The Morgan fingerprint density at radius 2 is 1.76 bits per heavy atom. The number of esters is 1. The molecule has 6 heteroatoms. The summed E-state index contributed by atoms with van der Waals surface area (Å²) in [6.45, 7) is 4.70. The first-order valence-corrected chi connectivity index (χ1v) is 6.59. The van der Waals surface area contributed by atoms with Gasteiger partial charge < -0.3 is 9.84 Å². The van der Waals surface area contributed by atoms with Gasteiger partial charge in [0.05, 0.1) is 6.61 Å². The number of carbonyl (C=O) groups is 2. The van der Waals surface area contributed by atoms with Crippen LogP contribution in [0.2, 0.25) is 0 Å². The summed E-state index contributed by atoms with van der Waals surface area (Å²) in [4.78, 5) is 23.8. The zero-order chi connectivity index (χ0) is 16.2. The Kier molecular flexibility index (Phi) is 5.41. The summed E-state index contributed by atoms with van der Waals surface area (Å²) in [6.07, 6.45) is -0.340. The van der Waals surface area contributed by atoms with E-state index >= 15 is 0 Å². The standard InChI is InChI=1S/C15H18F2O4/c1-4-21-14(20)15(9(2)3,13(18)19)8-10-5-11(16)7-12(17)6-10/h5-7,9H,4,8H2,1-3H3,(H,18,19). The van der Waals surface area contributed by atoms with Crippen molar-refractivity contribution < 1.29 is 28.2 Å². The molecule has 21 heavy (non-hydrogen) atoms. The Balaban J connectivity index is 3.30. The minimum Gasteiger partial charge on any atom is -0.480 e. The number of ether oxygens (including phenoxy) is 1. The van der Waals surface area contributed by atoms with Gasteiger partial charge in [0.2, 0.25) is 0 Å². The third kappa shape index (κ3) is 3.56. The molecule has 0 bridgehead atoms. The monoisotopic (exact) mass is 300 g/mol. The number of carboxylic acid groups (broad SMARTS) is 1. The van der Waals surface area contributed by atoms with Crippen molar-refractivity contribution in [3.63, 3.8) is 0 Å². The Bertz CT molecular complexity index is 522. The van der Waals surface area contributed by atoms with Gasteiger partial charge in [-0.05, 0) is 37.0 Å². The van der Waals surface area contributed by atoms with E-state index in [2.05, 4.69) is 0 Å². The summed E-state index contributed by atoms with van der Waals surface area (Å²) in [5.74, 6) is -4.54. The van der Waals surface area contributed by atoms with E-state index in [4.69, 9.17) is 4.74 Å². The number of carboxylic acids is 1. The van der Waals surface area contributed by atoms with E-state index in [0.717, 1.165) is 12.1 Å². The lowest BCUT2D eigenvalue weighted by molar-refractivity contribution is -0.172. The summed E-state index contributed by atoms with van der Waals surface area (Å²) < 4.78 is 31.4. The van der Waals surface area contributed by atoms with Crippen LogP contribution in [0.15, 0.2) is 18.2 Å². The van der Waals surface area contributed by atoms with Gasteiger partial charge in [0.1, 0.15) is 11.6 Å². The van der Waals surface area contributed by atoms with E-state index in [1.54, 1.807) is 20.8 Å². The van der Waals surface area contributed by atoms with Gasteiger partial charge in [-0.3, -0.25) is 9.59 Å². The summed E-state index contributed by atoms with van der Waals surface area (Å²) >= 11 is 0. The Hall–Kier alpha value is -1.98. The number of aliphatic carboxylic acids is 1. The molecule has 0 aliphatic heterocycles. The predicted octanol–water partition coefficient (Wildman–Crippen LogP) is 2.80. The Morgan fingerprint density at radius 3 is 2.14 bits per heavy atom. The number of rotatable bonds is 6. The summed E-state index contributed by atoms with van der Waals surface area (Å²) in [7, 11) is 0. The summed E-state index contributed by atoms with van der Waals surface area (Å²) in [5, 5.41) is 9.50. The van der Waals surface area contributed by atoms with E-state index in [9.17, 15) is 23.5 Å². The highest BCUT2D eigenvalue weighted by atomic mass is 19.1. The molecule has 1 aromatic carbocycles. The molecular weight excluding hydrogens is 282 g/mol. The van der Waals surface area contributed by atoms with Gasteiger partial charge in [-0.1, -0.05) is 13.8 Å². The van der Waals surface area contributed by atoms with Crippen LogP contribution in [-0.2, 0) is 20.7 Å². The van der Waals surface area contributed by atoms with Crippen molar-refractivity contribution in [3.05, 3.63) is 35.4 Å². The molecule has 0 amide bonds. The van der Waals surface area contributed by atoms with E-state index in [1.165, 1.54) is 0 Å². The van der Waals surface area contributed by atoms with Gasteiger partial charge in [-0.15, -0.1) is 0 Å². The molecule has 0 saturated heterocycles. The molecule has 1 N–H and O–H groups in total. The maximum absolute atomic E-state index is 13.3. The Labute approximate surface area is 121 Å². The van der Waals surface area contributed by atoms with Crippen LogP contribution < -0.4 is 0 Å². The van der Waals surface area contributed by atoms with Gasteiger partial charge in [-0.25, -0.2) is 8.78 Å². The Morgan fingerprint density at radius 1 is 1.24 bits per heavy atom. The van der Waals surface area contributed by atoms with Crippen LogP contribution in [-0.4, -0.2) is 23.7 Å². The normalized spacial score (nSPS) is 13.8. The lowest BCUT2D eigenvalue weighted by atomic mass is 9.72. The second-order valence-electron chi connectivity index (χ2n) is 5.11. The number of hydrogen-bond acceptors (Lipinski definition) is 3. The molecule has 1 atom stereocenters. The first kappa shape index (κ1) is 17.1. The predicted molar refractivity (Wildman–Crippen MR) is 71.6 cm³/mol. The van der Waals surface area contributed by atoms with Crippen LogP contribution in [0.25, 0.3) is 0 Å². The number of carbonyl (C=O) groups excluding carboxylic acids is 1. The SMILES string of the molecule is CCOC(=O)C(Cc1cc(F)cc(F)c1)(C(=O)O)C(C)C. The van der Waals surface area contributed by atoms with Crippen molar-refractivity contribution >= 4 is 11.9 Å². The van der Waals surface area contributed by atoms with Crippen LogP contribution in [0.3, 0.4) is 0 Å². The van der Waals surface area contributed by atoms with Crippen LogP contribution in [0.5, 0.6) is 0 Å². The van der Waals surface area contributed by atoms with Gasteiger partial charge in [-0.2, -0.15) is 0 Å². The highest BCUT2D eigenvalue weighted by Crippen LogP contribution is 2.34. The third-order valence-corrected chi connectivity index (χ3v) is 3.41. The van der Waals surface area contributed by atoms with Crippen molar-refractivity contribution in [1.29, 1.82) is 0 Å². The molecule has 1 aromatic rings. The zero-order valence-electron chi connectivity index (χ0n) is 12.2. The van der Waals surface area contributed by atoms with Gasteiger partial charge >= 0.3 is 11.9 Å². The average molecular weight is 300 g/mol. The molecule has 0 heterocycles. The molecule has 0 aromatic heterocycles. The number of hydrogen-bond donors (Lipinski definition) is 1. The van der Waals surface area contributed by atoms with E-state index in [1.807, 2.05) is 0 Å². The summed E-state index contributed by atoms with van der Waals surface area (Å²) in [6, 6.07) is 2.72. The lowest BCUT2D eigenvalue weighted by Crippen LogP contribution is -2.47.